The van der Waals surface area contributed by atoms with Crippen LogP contribution in [0.3, 0.4) is 0 Å². The fourth-order valence-electron chi connectivity index (χ4n) is 2.21. The van der Waals surface area contributed by atoms with Crippen molar-refractivity contribution < 1.29 is 14.3 Å². The number of hydrogen-bond acceptors (Lipinski definition) is 3. The normalized spacial score (nSPS) is 25.8. The minimum Gasteiger partial charge on any atom is -0.444 e. The highest BCUT2D eigenvalue weighted by Crippen LogP contribution is 2.23. The van der Waals surface area contributed by atoms with E-state index in [2.05, 4.69) is 6.92 Å². The fraction of sp³-hybridized carbons (Fsp3) is 0.923. The van der Waals surface area contributed by atoms with Gasteiger partial charge in [-0.2, -0.15) is 0 Å². The van der Waals surface area contributed by atoms with Gasteiger partial charge in [-0.15, -0.1) is 0 Å². The second kappa shape index (κ2) is 5.71. The molecule has 0 radical (unpaired) electrons. The smallest absolute Gasteiger partial charge is 0.410 e. The maximum absolute atomic E-state index is 11.9. The molecule has 100 valence electrons. The summed E-state index contributed by atoms with van der Waals surface area (Å²) in [5.74, 6) is 0.418. The first-order chi connectivity index (χ1) is 7.87. The molecule has 4 heteroatoms. The van der Waals surface area contributed by atoms with E-state index in [1.54, 1.807) is 12.0 Å². The third-order valence-corrected chi connectivity index (χ3v) is 3.14. The minimum absolute atomic E-state index is 0.203. The molecular formula is C13H25NO3. The summed E-state index contributed by atoms with van der Waals surface area (Å²) in [5.41, 5.74) is -0.420. The highest BCUT2D eigenvalue weighted by molar-refractivity contribution is 5.68. The van der Waals surface area contributed by atoms with Crippen molar-refractivity contribution in [3.05, 3.63) is 0 Å². The van der Waals surface area contributed by atoms with Gasteiger partial charge < -0.3 is 14.4 Å². The van der Waals surface area contributed by atoms with Crippen molar-refractivity contribution in [3.63, 3.8) is 0 Å². The van der Waals surface area contributed by atoms with Gasteiger partial charge in [-0.25, -0.2) is 4.79 Å². The van der Waals surface area contributed by atoms with E-state index in [1.807, 2.05) is 20.8 Å². The van der Waals surface area contributed by atoms with Crippen LogP contribution in [0.25, 0.3) is 0 Å². The summed E-state index contributed by atoms with van der Waals surface area (Å²) in [4.78, 5) is 13.7. The first-order valence-electron chi connectivity index (χ1n) is 6.38. The highest BCUT2D eigenvalue weighted by atomic mass is 16.6. The number of hydrogen-bond donors (Lipinski definition) is 0. The Hall–Kier alpha value is -0.770. The Kier molecular flexibility index (Phi) is 4.80. The zero-order valence-electron chi connectivity index (χ0n) is 11.7. The minimum atomic E-state index is -0.420. The Balaban J connectivity index is 2.54. The lowest BCUT2D eigenvalue weighted by Crippen LogP contribution is -2.48. The van der Waals surface area contributed by atoms with Crippen LogP contribution in [0.2, 0.25) is 0 Å². The topological polar surface area (TPSA) is 38.8 Å². The van der Waals surface area contributed by atoms with E-state index in [4.69, 9.17) is 9.47 Å². The SMILES string of the molecule is CCC1CN(C(=O)OC(C)(C)C)CCC1OC. The number of piperidine rings is 1. The number of carbonyl (C=O) groups is 1. The van der Waals surface area contributed by atoms with Gasteiger partial charge >= 0.3 is 6.09 Å². The van der Waals surface area contributed by atoms with Crippen molar-refractivity contribution >= 4 is 6.09 Å². The lowest BCUT2D eigenvalue weighted by atomic mass is 9.92. The molecule has 0 aromatic rings. The van der Waals surface area contributed by atoms with Gasteiger partial charge in [0.25, 0.3) is 0 Å². The van der Waals surface area contributed by atoms with Crippen molar-refractivity contribution in [1.29, 1.82) is 0 Å². The Bertz CT molecular complexity index is 260. The standard InChI is InChI=1S/C13H25NO3/c1-6-10-9-14(8-7-11(10)16-5)12(15)17-13(2,3)4/h10-11H,6-9H2,1-5H3. The summed E-state index contributed by atoms with van der Waals surface area (Å²) in [6.45, 7) is 9.28. The molecule has 1 aliphatic rings. The zero-order valence-corrected chi connectivity index (χ0v) is 11.7. The van der Waals surface area contributed by atoms with Gasteiger partial charge in [0, 0.05) is 26.1 Å². The molecule has 1 fully saturated rings. The second-order valence-corrected chi connectivity index (χ2v) is 5.66. The Morgan fingerprint density at radius 2 is 2.06 bits per heavy atom. The molecule has 0 saturated carbocycles. The molecule has 1 aliphatic heterocycles. The van der Waals surface area contributed by atoms with Crippen LogP contribution in [0.1, 0.15) is 40.5 Å². The maximum atomic E-state index is 11.9. The molecule has 1 amide bonds. The van der Waals surface area contributed by atoms with Crippen molar-refractivity contribution in [3.8, 4) is 0 Å². The predicted molar refractivity (Wildman–Crippen MR) is 67.0 cm³/mol. The van der Waals surface area contributed by atoms with Crippen LogP contribution in [-0.4, -0.2) is 42.9 Å². The lowest BCUT2D eigenvalue weighted by molar-refractivity contribution is -0.0244. The molecule has 0 aromatic carbocycles. The van der Waals surface area contributed by atoms with Crippen LogP contribution in [0.4, 0.5) is 4.79 Å². The van der Waals surface area contributed by atoms with Crippen LogP contribution >= 0.6 is 0 Å². The molecule has 2 unspecified atom stereocenters. The number of nitrogens with zero attached hydrogens (tertiary/aromatic N) is 1. The average molecular weight is 243 g/mol. The molecule has 0 spiro atoms. The molecule has 17 heavy (non-hydrogen) atoms. The van der Waals surface area contributed by atoms with Crippen LogP contribution in [-0.2, 0) is 9.47 Å². The predicted octanol–water partition coefficient (Wildman–Crippen LogP) is 2.67. The largest absolute Gasteiger partial charge is 0.444 e. The fourth-order valence-corrected chi connectivity index (χ4v) is 2.21. The van der Waals surface area contributed by atoms with E-state index in [-0.39, 0.29) is 12.2 Å². The Morgan fingerprint density at radius 3 is 2.53 bits per heavy atom. The summed E-state index contributed by atoms with van der Waals surface area (Å²) >= 11 is 0. The van der Waals surface area contributed by atoms with Gasteiger partial charge in [0.2, 0.25) is 0 Å². The third kappa shape index (κ3) is 4.19. The van der Waals surface area contributed by atoms with Crippen molar-refractivity contribution in [1.82, 2.24) is 4.90 Å². The summed E-state index contributed by atoms with van der Waals surface area (Å²) in [6, 6.07) is 0. The molecule has 0 aliphatic carbocycles. The summed E-state index contributed by atoms with van der Waals surface area (Å²) in [6.07, 6.45) is 2.00. The summed E-state index contributed by atoms with van der Waals surface area (Å²) in [7, 11) is 1.75. The van der Waals surface area contributed by atoms with E-state index >= 15 is 0 Å². The van der Waals surface area contributed by atoms with Crippen LogP contribution < -0.4 is 0 Å². The molecule has 1 rings (SSSR count). The van der Waals surface area contributed by atoms with Gasteiger partial charge in [-0.1, -0.05) is 6.92 Å². The van der Waals surface area contributed by atoms with Gasteiger partial charge in [0.05, 0.1) is 6.10 Å². The van der Waals surface area contributed by atoms with Crippen molar-refractivity contribution in [2.24, 2.45) is 5.92 Å². The molecular weight excluding hydrogens is 218 g/mol. The molecule has 4 nitrogen and oxygen atoms in total. The second-order valence-electron chi connectivity index (χ2n) is 5.66. The monoisotopic (exact) mass is 243 g/mol. The first-order valence-corrected chi connectivity index (χ1v) is 6.38. The number of methoxy groups -OCH3 is 1. The summed E-state index contributed by atoms with van der Waals surface area (Å²) < 4.78 is 10.8. The molecule has 0 N–H and O–H groups in total. The molecule has 1 saturated heterocycles. The Morgan fingerprint density at radius 1 is 1.41 bits per heavy atom. The van der Waals surface area contributed by atoms with Crippen molar-refractivity contribution in [2.45, 2.75) is 52.2 Å². The highest BCUT2D eigenvalue weighted by Gasteiger charge is 2.32. The van der Waals surface area contributed by atoms with Crippen LogP contribution in [0.5, 0.6) is 0 Å². The number of amides is 1. The van der Waals surface area contributed by atoms with Crippen molar-refractivity contribution in [2.75, 3.05) is 20.2 Å². The van der Waals surface area contributed by atoms with E-state index < -0.39 is 5.60 Å². The van der Waals surface area contributed by atoms with E-state index in [1.165, 1.54) is 0 Å². The number of likely N-dealkylation sites (tertiary alicyclic amines) is 1. The third-order valence-electron chi connectivity index (χ3n) is 3.14. The molecule has 2 atom stereocenters. The van der Waals surface area contributed by atoms with Gasteiger partial charge in [-0.05, 0) is 33.6 Å². The van der Waals surface area contributed by atoms with E-state index in [0.29, 0.717) is 5.92 Å². The number of ether oxygens (including phenoxy) is 2. The van der Waals surface area contributed by atoms with Gasteiger partial charge in [0.1, 0.15) is 5.60 Å². The lowest BCUT2D eigenvalue weighted by Gasteiger charge is -2.38. The molecule has 1 heterocycles. The number of carbonyl (C=O) groups excluding carboxylic acids is 1. The summed E-state index contributed by atoms with van der Waals surface area (Å²) in [5, 5.41) is 0. The number of rotatable bonds is 2. The van der Waals surface area contributed by atoms with Gasteiger partial charge in [-0.3, -0.25) is 0 Å². The zero-order chi connectivity index (χ0) is 13.1. The Labute approximate surface area is 104 Å². The maximum Gasteiger partial charge on any atom is 0.410 e. The quantitative estimate of drug-likeness (QED) is 0.748. The van der Waals surface area contributed by atoms with E-state index in [0.717, 1.165) is 25.9 Å². The van der Waals surface area contributed by atoms with Crippen LogP contribution in [0, 0.1) is 5.92 Å². The molecule has 0 aromatic heterocycles. The van der Waals surface area contributed by atoms with Gasteiger partial charge in [0.15, 0.2) is 0 Å². The average Bonchev–Trinajstić information content (AvgIpc) is 2.25. The first kappa shape index (κ1) is 14.3. The molecule has 0 bridgehead atoms. The van der Waals surface area contributed by atoms with Crippen LogP contribution in [0.15, 0.2) is 0 Å². The van der Waals surface area contributed by atoms with E-state index in [9.17, 15) is 4.79 Å².